The zero-order valence-corrected chi connectivity index (χ0v) is 18.1. The van der Waals surface area contributed by atoms with Crippen molar-refractivity contribution in [1.82, 2.24) is 9.80 Å². The van der Waals surface area contributed by atoms with Crippen molar-refractivity contribution in [2.24, 2.45) is 23.7 Å². The van der Waals surface area contributed by atoms with Crippen molar-refractivity contribution in [3.8, 4) is 0 Å². The number of amides is 3. The number of imide groups is 1. The Morgan fingerprint density at radius 2 is 1.41 bits per heavy atom. The van der Waals surface area contributed by atoms with E-state index in [0.717, 1.165) is 18.4 Å². The molecule has 4 atom stereocenters. The van der Waals surface area contributed by atoms with Gasteiger partial charge >= 0.3 is 0 Å². The number of hydrogen-bond acceptors (Lipinski definition) is 3. The highest BCUT2D eigenvalue weighted by Crippen LogP contribution is 2.52. The molecule has 2 bridgehead atoms. The minimum Gasteiger partial charge on any atom is -0.338 e. The molecule has 164 valence electrons. The number of rotatable bonds is 8. The van der Waals surface area contributed by atoms with Crippen molar-refractivity contribution in [3.63, 3.8) is 0 Å². The molecule has 0 N–H and O–H groups in total. The van der Waals surface area contributed by atoms with Gasteiger partial charge in [0.1, 0.15) is 0 Å². The molecule has 4 unspecified atom stereocenters. The van der Waals surface area contributed by atoms with Gasteiger partial charge in [0.15, 0.2) is 0 Å². The van der Waals surface area contributed by atoms with Gasteiger partial charge in [0.2, 0.25) is 17.7 Å². The Bertz CT molecular complexity index is 1000. The molecular weight excluding hydrogens is 400 g/mol. The SMILES string of the molecule is O=C(CCN1C(=O)C2C3C=CC(C3)C2C1=O)N(CCc1ccccc1)Cc1ccccc1. The molecular formula is C27H28N2O3. The maximum Gasteiger partial charge on any atom is 0.233 e. The van der Waals surface area contributed by atoms with Gasteiger partial charge in [-0.1, -0.05) is 72.8 Å². The van der Waals surface area contributed by atoms with E-state index in [2.05, 4.69) is 24.3 Å². The van der Waals surface area contributed by atoms with Gasteiger partial charge < -0.3 is 4.90 Å². The topological polar surface area (TPSA) is 57.7 Å². The van der Waals surface area contributed by atoms with Crippen molar-refractivity contribution in [3.05, 3.63) is 83.9 Å². The minimum absolute atomic E-state index is 0.0245. The molecule has 3 aliphatic rings. The summed E-state index contributed by atoms with van der Waals surface area (Å²) in [5.41, 5.74) is 2.25. The van der Waals surface area contributed by atoms with Gasteiger partial charge in [0.25, 0.3) is 0 Å². The van der Waals surface area contributed by atoms with Gasteiger partial charge in [-0.2, -0.15) is 0 Å². The Morgan fingerprint density at radius 1 is 0.844 bits per heavy atom. The van der Waals surface area contributed by atoms with Gasteiger partial charge in [0, 0.05) is 26.1 Å². The summed E-state index contributed by atoms with van der Waals surface area (Å²) in [6.45, 7) is 1.30. The monoisotopic (exact) mass is 428 g/mol. The fraction of sp³-hybridized carbons (Fsp3) is 0.370. The molecule has 1 aliphatic heterocycles. The summed E-state index contributed by atoms with van der Waals surface area (Å²) in [4.78, 5) is 42.2. The average Bonchev–Trinajstić information content (AvgIpc) is 3.50. The number of carbonyl (C=O) groups excluding carboxylic acids is 3. The Morgan fingerprint density at radius 3 is 2.00 bits per heavy atom. The van der Waals surface area contributed by atoms with E-state index < -0.39 is 0 Å². The number of likely N-dealkylation sites (tertiary alicyclic amines) is 1. The van der Waals surface area contributed by atoms with E-state index in [4.69, 9.17) is 0 Å². The summed E-state index contributed by atoms with van der Waals surface area (Å²) in [5.74, 6) is -0.196. The Kier molecular flexibility index (Phi) is 5.64. The molecule has 0 radical (unpaired) electrons. The predicted molar refractivity (Wildman–Crippen MR) is 121 cm³/mol. The van der Waals surface area contributed by atoms with Crippen molar-refractivity contribution in [2.75, 3.05) is 13.1 Å². The van der Waals surface area contributed by atoms with E-state index in [1.165, 1.54) is 10.5 Å². The lowest BCUT2D eigenvalue weighted by Gasteiger charge is -2.24. The molecule has 32 heavy (non-hydrogen) atoms. The largest absolute Gasteiger partial charge is 0.338 e. The van der Waals surface area contributed by atoms with Gasteiger partial charge in [-0.3, -0.25) is 19.3 Å². The van der Waals surface area contributed by atoms with Crippen LogP contribution >= 0.6 is 0 Å². The second-order valence-corrected chi connectivity index (χ2v) is 9.11. The van der Waals surface area contributed by atoms with Gasteiger partial charge in [0.05, 0.1) is 11.8 Å². The first-order chi connectivity index (χ1) is 15.6. The lowest BCUT2D eigenvalue weighted by atomic mass is 9.85. The van der Waals surface area contributed by atoms with Crippen LogP contribution in [0.2, 0.25) is 0 Å². The van der Waals surface area contributed by atoms with Crippen molar-refractivity contribution in [2.45, 2.75) is 25.8 Å². The zero-order chi connectivity index (χ0) is 22.1. The summed E-state index contributed by atoms with van der Waals surface area (Å²) in [7, 11) is 0. The molecule has 5 nitrogen and oxygen atoms in total. The number of fused-ring (bicyclic) bond motifs is 5. The summed E-state index contributed by atoms with van der Waals surface area (Å²) in [6.07, 6.45) is 6.04. The van der Waals surface area contributed by atoms with Crippen molar-refractivity contribution < 1.29 is 14.4 Å². The molecule has 1 saturated heterocycles. The van der Waals surface area contributed by atoms with Gasteiger partial charge in [-0.15, -0.1) is 0 Å². The molecule has 2 aliphatic carbocycles. The highest BCUT2D eigenvalue weighted by Gasteiger charge is 2.59. The molecule has 2 aromatic carbocycles. The zero-order valence-electron chi connectivity index (χ0n) is 18.1. The second-order valence-electron chi connectivity index (χ2n) is 9.11. The van der Waals surface area contributed by atoms with Crippen LogP contribution in [0.25, 0.3) is 0 Å². The smallest absolute Gasteiger partial charge is 0.233 e. The molecule has 5 rings (SSSR count). The molecule has 2 fully saturated rings. The highest BCUT2D eigenvalue weighted by molar-refractivity contribution is 6.06. The summed E-state index contributed by atoms with van der Waals surface area (Å²) < 4.78 is 0. The van der Waals surface area contributed by atoms with Crippen LogP contribution in [0.5, 0.6) is 0 Å². The predicted octanol–water partition coefficient (Wildman–Crippen LogP) is 3.46. The maximum atomic E-state index is 13.2. The lowest BCUT2D eigenvalue weighted by Crippen LogP contribution is -2.38. The highest BCUT2D eigenvalue weighted by atomic mass is 16.2. The first kappa shape index (κ1) is 20.7. The number of benzene rings is 2. The third-order valence-corrected chi connectivity index (χ3v) is 7.19. The molecule has 2 aromatic rings. The second kappa shape index (κ2) is 8.73. The van der Waals surface area contributed by atoms with Crippen LogP contribution in [-0.2, 0) is 27.3 Å². The van der Waals surface area contributed by atoms with Crippen LogP contribution in [0.1, 0.15) is 24.0 Å². The average molecular weight is 429 g/mol. The molecule has 0 aromatic heterocycles. The fourth-order valence-electron chi connectivity index (χ4n) is 5.55. The lowest BCUT2D eigenvalue weighted by molar-refractivity contribution is -0.141. The van der Waals surface area contributed by atoms with E-state index in [9.17, 15) is 14.4 Å². The van der Waals surface area contributed by atoms with Crippen LogP contribution < -0.4 is 0 Å². The minimum atomic E-state index is -0.203. The van der Waals surface area contributed by atoms with E-state index in [-0.39, 0.29) is 54.4 Å². The Hall–Kier alpha value is -3.21. The Balaban J connectivity index is 1.24. The summed E-state index contributed by atoms with van der Waals surface area (Å²) in [6, 6.07) is 20.0. The standard InChI is InChI=1S/C27H28N2O3/c30-23(14-16-29-26(31)24-21-11-12-22(17-21)25(24)27(29)32)28(18-20-9-5-2-6-10-20)15-13-19-7-3-1-4-8-19/h1-12,21-22,24-25H,13-18H2. The van der Waals surface area contributed by atoms with Crippen LogP contribution in [0, 0.1) is 23.7 Å². The third-order valence-electron chi connectivity index (χ3n) is 7.19. The number of hydrogen-bond donors (Lipinski definition) is 0. The first-order valence-electron chi connectivity index (χ1n) is 11.5. The molecule has 1 heterocycles. The number of carbonyl (C=O) groups is 3. The van der Waals surface area contributed by atoms with Crippen LogP contribution in [0.3, 0.4) is 0 Å². The van der Waals surface area contributed by atoms with E-state index in [1.807, 2.05) is 53.4 Å². The fourth-order valence-corrected chi connectivity index (χ4v) is 5.55. The normalized spacial score (nSPS) is 25.4. The van der Waals surface area contributed by atoms with Crippen LogP contribution in [0.15, 0.2) is 72.8 Å². The molecule has 1 saturated carbocycles. The molecule has 0 spiro atoms. The van der Waals surface area contributed by atoms with Gasteiger partial charge in [-0.05, 0) is 35.8 Å². The van der Waals surface area contributed by atoms with E-state index >= 15 is 0 Å². The number of nitrogens with zero attached hydrogens (tertiary/aromatic N) is 2. The third kappa shape index (κ3) is 3.88. The quantitative estimate of drug-likeness (QED) is 0.478. The maximum absolute atomic E-state index is 13.2. The van der Waals surface area contributed by atoms with Crippen LogP contribution in [0.4, 0.5) is 0 Å². The van der Waals surface area contributed by atoms with Crippen molar-refractivity contribution in [1.29, 1.82) is 0 Å². The summed E-state index contributed by atoms with van der Waals surface area (Å²) >= 11 is 0. The first-order valence-corrected chi connectivity index (χ1v) is 11.5. The molecule has 5 heteroatoms. The number of allylic oxidation sites excluding steroid dienone is 2. The van der Waals surface area contributed by atoms with E-state index in [1.54, 1.807) is 0 Å². The molecule has 3 amide bonds. The van der Waals surface area contributed by atoms with Crippen molar-refractivity contribution >= 4 is 17.7 Å². The summed E-state index contributed by atoms with van der Waals surface area (Å²) in [5, 5.41) is 0. The van der Waals surface area contributed by atoms with E-state index in [0.29, 0.717) is 13.1 Å². The van der Waals surface area contributed by atoms with Crippen LogP contribution in [-0.4, -0.2) is 40.6 Å². The van der Waals surface area contributed by atoms with Gasteiger partial charge in [-0.25, -0.2) is 0 Å². The Labute approximate surface area is 188 Å².